The molecule has 3 heteroatoms. The van der Waals surface area contributed by atoms with Crippen LogP contribution in [0.2, 0.25) is 0 Å². The average molecular weight is 202 g/mol. The lowest BCUT2D eigenvalue weighted by Gasteiger charge is -2.08. The van der Waals surface area contributed by atoms with Crippen molar-refractivity contribution in [3.63, 3.8) is 0 Å². The van der Waals surface area contributed by atoms with Crippen LogP contribution < -0.4 is 11.1 Å². The van der Waals surface area contributed by atoms with E-state index in [1.54, 1.807) is 12.5 Å². The second-order valence-electron chi connectivity index (χ2n) is 3.56. The normalized spacial score (nSPS) is 10.2. The van der Waals surface area contributed by atoms with E-state index >= 15 is 0 Å². The Hall–Kier alpha value is -1.90. The van der Waals surface area contributed by atoms with E-state index in [0.29, 0.717) is 0 Å². The van der Waals surface area contributed by atoms with E-state index in [0.717, 1.165) is 29.0 Å². The summed E-state index contributed by atoms with van der Waals surface area (Å²) in [5.41, 5.74) is 9.85. The first kappa shape index (κ1) is 9.65. The van der Waals surface area contributed by atoms with Gasteiger partial charge in [0.25, 0.3) is 0 Å². The Morgan fingerprint density at radius 3 is 2.87 bits per heavy atom. The van der Waals surface area contributed by atoms with Gasteiger partial charge in [0, 0.05) is 23.5 Å². The van der Waals surface area contributed by atoms with Gasteiger partial charge < -0.3 is 15.5 Å². The number of benzene rings is 1. The number of furan rings is 1. The van der Waals surface area contributed by atoms with E-state index in [4.69, 9.17) is 10.2 Å². The van der Waals surface area contributed by atoms with Gasteiger partial charge in [0.05, 0.1) is 12.5 Å². The second kappa shape index (κ2) is 4.09. The number of anilines is 2. The van der Waals surface area contributed by atoms with Crippen LogP contribution in [-0.2, 0) is 6.54 Å². The average Bonchev–Trinajstić information content (AvgIpc) is 2.69. The van der Waals surface area contributed by atoms with E-state index in [1.807, 2.05) is 31.2 Å². The van der Waals surface area contributed by atoms with Crippen LogP contribution in [0.4, 0.5) is 11.4 Å². The highest BCUT2D eigenvalue weighted by molar-refractivity contribution is 5.57. The van der Waals surface area contributed by atoms with Crippen LogP contribution in [0.1, 0.15) is 11.1 Å². The summed E-state index contributed by atoms with van der Waals surface area (Å²) >= 11 is 0. The van der Waals surface area contributed by atoms with Crippen molar-refractivity contribution in [3.05, 3.63) is 47.9 Å². The zero-order chi connectivity index (χ0) is 10.7. The molecule has 2 aromatic rings. The SMILES string of the molecule is Cc1cc(N)ccc1NCc1ccoc1. The summed E-state index contributed by atoms with van der Waals surface area (Å²) in [7, 11) is 0. The lowest BCUT2D eigenvalue weighted by Crippen LogP contribution is -2.00. The van der Waals surface area contributed by atoms with E-state index in [-0.39, 0.29) is 0 Å². The molecule has 2 rings (SSSR count). The van der Waals surface area contributed by atoms with Gasteiger partial charge in [-0.05, 0) is 36.8 Å². The summed E-state index contributed by atoms with van der Waals surface area (Å²) in [6.45, 7) is 2.80. The van der Waals surface area contributed by atoms with Crippen LogP contribution in [0.5, 0.6) is 0 Å². The predicted octanol–water partition coefficient (Wildman–Crippen LogP) is 2.78. The van der Waals surface area contributed by atoms with Gasteiger partial charge in [-0.15, -0.1) is 0 Å². The molecule has 0 fully saturated rings. The molecule has 0 atom stereocenters. The minimum atomic E-state index is 0.765. The molecular formula is C12H14N2O. The number of hydrogen-bond acceptors (Lipinski definition) is 3. The van der Waals surface area contributed by atoms with Crippen LogP contribution in [0, 0.1) is 6.92 Å². The molecule has 1 aromatic heterocycles. The summed E-state index contributed by atoms with van der Waals surface area (Å²) in [5.74, 6) is 0. The molecule has 0 bridgehead atoms. The van der Waals surface area contributed by atoms with Gasteiger partial charge in [-0.2, -0.15) is 0 Å². The van der Waals surface area contributed by atoms with Crippen LogP contribution >= 0.6 is 0 Å². The minimum absolute atomic E-state index is 0.765. The Balaban J connectivity index is 2.05. The van der Waals surface area contributed by atoms with Crippen molar-refractivity contribution in [3.8, 4) is 0 Å². The number of hydrogen-bond donors (Lipinski definition) is 2. The monoisotopic (exact) mass is 202 g/mol. The summed E-state index contributed by atoms with van der Waals surface area (Å²) in [6.07, 6.45) is 3.41. The quantitative estimate of drug-likeness (QED) is 0.752. The smallest absolute Gasteiger partial charge is 0.0952 e. The maximum absolute atomic E-state index is 5.68. The molecule has 0 amide bonds. The molecule has 0 saturated heterocycles. The van der Waals surface area contributed by atoms with E-state index in [9.17, 15) is 0 Å². The van der Waals surface area contributed by atoms with Crippen LogP contribution in [0.25, 0.3) is 0 Å². The van der Waals surface area contributed by atoms with Crippen molar-refractivity contribution in [2.75, 3.05) is 11.1 Å². The maximum Gasteiger partial charge on any atom is 0.0952 e. The molecule has 78 valence electrons. The lowest BCUT2D eigenvalue weighted by molar-refractivity contribution is 0.564. The summed E-state index contributed by atoms with van der Waals surface area (Å²) < 4.78 is 4.99. The Bertz CT molecular complexity index is 435. The first-order chi connectivity index (χ1) is 7.25. The summed E-state index contributed by atoms with van der Waals surface area (Å²) in [4.78, 5) is 0. The highest BCUT2D eigenvalue weighted by Gasteiger charge is 1.99. The van der Waals surface area contributed by atoms with Crippen LogP contribution in [-0.4, -0.2) is 0 Å². The fourth-order valence-electron chi connectivity index (χ4n) is 1.48. The standard InChI is InChI=1S/C12H14N2O/c1-9-6-11(13)2-3-12(9)14-7-10-4-5-15-8-10/h2-6,8,14H,7,13H2,1H3. The molecular weight excluding hydrogens is 188 g/mol. The van der Waals surface area contributed by atoms with Crippen molar-refractivity contribution in [1.29, 1.82) is 0 Å². The molecule has 15 heavy (non-hydrogen) atoms. The fourth-order valence-corrected chi connectivity index (χ4v) is 1.48. The van der Waals surface area contributed by atoms with Crippen molar-refractivity contribution in [2.24, 2.45) is 0 Å². The third kappa shape index (κ3) is 2.31. The number of nitrogen functional groups attached to an aromatic ring is 1. The second-order valence-corrected chi connectivity index (χ2v) is 3.56. The molecule has 1 heterocycles. The Morgan fingerprint density at radius 2 is 2.20 bits per heavy atom. The van der Waals surface area contributed by atoms with Crippen LogP contribution in [0.3, 0.4) is 0 Å². The minimum Gasteiger partial charge on any atom is -0.472 e. The Morgan fingerprint density at radius 1 is 1.33 bits per heavy atom. The fraction of sp³-hybridized carbons (Fsp3) is 0.167. The number of rotatable bonds is 3. The van der Waals surface area contributed by atoms with Gasteiger partial charge in [-0.25, -0.2) is 0 Å². The van der Waals surface area contributed by atoms with Crippen molar-refractivity contribution in [2.45, 2.75) is 13.5 Å². The third-order valence-electron chi connectivity index (χ3n) is 2.31. The molecule has 0 aliphatic heterocycles. The zero-order valence-electron chi connectivity index (χ0n) is 8.66. The number of aryl methyl sites for hydroxylation is 1. The molecule has 0 unspecified atom stereocenters. The van der Waals surface area contributed by atoms with Gasteiger partial charge >= 0.3 is 0 Å². The molecule has 0 radical (unpaired) electrons. The molecule has 3 N–H and O–H groups in total. The van der Waals surface area contributed by atoms with Gasteiger partial charge in [-0.3, -0.25) is 0 Å². The van der Waals surface area contributed by atoms with E-state index in [1.165, 1.54) is 0 Å². The topological polar surface area (TPSA) is 51.2 Å². The molecule has 0 saturated carbocycles. The van der Waals surface area contributed by atoms with E-state index < -0.39 is 0 Å². The first-order valence-corrected chi connectivity index (χ1v) is 4.87. The van der Waals surface area contributed by atoms with Gasteiger partial charge in [-0.1, -0.05) is 0 Å². The van der Waals surface area contributed by atoms with Crippen molar-refractivity contribution in [1.82, 2.24) is 0 Å². The largest absolute Gasteiger partial charge is 0.472 e. The van der Waals surface area contributed by atoms with Gasteiger partial charge in [0.15, 0.2) is 0 Å². The Kier molecular flexibility index (Phi) is 2.63. The molecule has 0 aliphatic carbocycles. The summed E-state index contributed by atoms with van der Waals surface area (Å²) in [5, 5.41) is 3.33. The number of nitrogens with one attached hydrogen (secondary N) is 1. The summed E-state index contributed by atoms with van der Waals surface area (Å²) in [6, 6.07) is 7.78. The molecule has 1 aromatic carbocycles. The highest BCUT2D eigenvalue weighted by Crippen LogP contribution is 2.18. The predicted molar refractivity (Wildman–Crippen MR) is 61.6 cm³/mol. The van der Waals surface area contributed by atoms with Crippen molar-refractivity contribution >= 4 is 11.4 Å². The highest BCUT2D eigenvalue weighted by atomic mass is 16.3. The van der Waals surface area contributed by atoms with E-state index in [2.05, 4.69) is 5.32 Å². The van der Waals surface area contributed by atoms with Crippen molar-refractivity contribution < 1.29 is 4.42 Å². The molecule has 0 spiro atoms. The maximum atomic E-state index is 5.68. The third-order valence-corrected chi connectivity index (χ3v) is 2.31. The number of nitrogens with two attached hydrogens (primary N) is 1. The van der Waals surface area contributed by atoms with Gasteiger partial charge in [0.2, 0.25) is 0 Å². The molecule has 3 nitrogen and oxygen atoms in total. The molecule has 0 aliphatic rings. The zero-order valence-corrected chi connectivity index (χ0v) is 8.66. The lowest BCUT2D eigenvalue weighted by atomic mass is 10.2. The van der Waals surface area contributed by atoms with Gasteiger partial charge in [0.1, 0.15) is 0 Å². The first-order valence-electron chi connectivity index (χ1n) is 4.87. The van der Waals surface area contributed by atoms with Crippen LogP contribution in [0.15, 0.2) is 41.2 Å². The Labute approximate surface area is 88.9 Å².